The van der Waals surface area contributed by atoms with Gasteiger partial charge < -0.3 is 9.64 Å². The highest BCUT2D eigenvalue weighted by Gasteiger charge is 2.46. The zero-order valence-corrected chi connectivity index (χ0v) is 16.8. The number of rotatable bonds is 3. The molecular formula is C20H29F2N3O3. The lowest BCUT2D eigenvalue weighted by molar-refractivity contribution is -0.0157. The molecule has 3 rings (SSSR count). The molecule has 1 atom stereocenters. The summed E-state index contributed by atoms with van der Waals surface area (Å²) in [6.45, 7) is 7.18. The van der Waals surface area contributed by atoms with Crippen LogP contribution < -0.4 is 5.56 Å². The molecular weight excluding hydrogens is 368 g/mol. The van der Waals surface area contributed by atoms with E-state index in [1.165, 1.54) is 10.9 Å². The SMILES string of the molecule is CC(C)(C)OC(=O)N1CC[C@H](Cn2cnc(C(F)F)cc2=O)C2(CCCC2)C1. The Balaban J connectivity index is 1.76. The number of piperidine rings is 1. The van der Waals surface area contributed by atoms with Crippen molar-refractivity contribution in [2.45, 2.75) is 71.4 Å². The molecule has 1 aliphatic heterocycles. The van der Waals surface area contributed by atoms with Crippen molar-refractivity contribution in [2.75, 3.05) is 13.1 Å². The topological polar surface area (TPSA) is 64.4 Å². The first-order valence-corrected chi connectivity index (χ1v) is 9.92. The molecule has 0 radical (unpaired) electrons. The average Bonchev–Trinajstić information content (AvgIpc) is 3.05. The minimum Gasteiger partial charge on any atom is -0.444 e. The molecule has 0 aromatic carbocycles. The molecule has 0 bridgehead atoms. The van der Waals surface area contributed by atoms with Gasteiger partial charge in [-0.1, -0.05) is 12.8 Å². The minimum atomic E-state index is -2.75. The molecule has 28 heavy (non-hydrogen) atoms. The number of nitrogens with zero attached hydrogens (tertiary/aromatic N) is 3. The van der Waals surface area contributed by atoms with Crippen LogP contribution >= 0.6 is 0 Å². The van der Waals surface area contributed by atoms with Crippen molar-refractivity contribution < 1.29 is 18.3 Å². The molecule has 1 amide bonds. The highest BCUT2D eigenvalue weighted by molar-refractivity contribution is 5.68. The lowest BCUT2D eigenvalue weighted by Crippen LogP contribution is -2.52. The van der Waals surface area contributed by atoms with Gasteiger partial charge in [-0.3, -0.25) is 9.36 Å². The predicted molar refractivity (Wildman–Crippen MR) is 100 cm³/mol. The van der Waals surface area contributed by atoms with Gasteiger partial charge >= 0.3 is 6.09 Å². The molecule has 156 valence electrons. The molecule has 8 heteroatoms. The molecule has 1 aliphatic carbocycles. The van der Waals surface area contributed by atoms with Crippen molar-refractivity contribution in [3.8, 4) is 0 Å². The summed E-state index contributed by atoms with van der Waals surface area (Å²) >= 11 is 0. The van der Waals surface area contributed by atoms with Crippen LogP contribution in [0.4, 0.5) is 13.6 Å². The molecule has 2 fully saturated rings. The van der Waals surface area contributed by atoms with Crippen LogP contribution in [0.5, 0.6) is 0 Å². The highest BCUT2D eigenvalue weighted by atomic mass is 19.3. The predicted octanol–water partition coefficient (Wildman–Crippen LogP) is 4.00. The summed E-state index contributed by atoms with van der Waals surface area (Å²) in [5, 5.41) is 0. The Hall–Kier alpha value is -1.99. The number of hydrogen-bond acceptors (Lipinski definition) is 4. The Bertz CT molecular complexity index is 767. The van der Waals surface area contributed by atoms with Crippen LogP contribution in [0.25, 0.3) is 0 Å². The van der Waals surface area contributed by atoms with Crippen molar-refractivity contribution in [1.82, 2.24) is 14.5 Å². The summed E-state index contributed by atoms with van der Waals surface area (Å²) in [6, 6.07) is 0.918. The van der Waals surface area contributed by atoms with Crippen molar-refractivity contribution in [3.63, 3.8) is 0 Å². The first kappa shape index (κ1) is 20.7. The van der Waals surface area contributed by atoms with E-state index in [4.69, 9.17) is 4.74 Å². The number of halogens is 2. The van der Waals surface area contributed by atoms with E-state index in [0.717, 1.165) is 38.2 Å². The van der Waals surface area contributed by atoms with E-state index in [1.54, 1.807) is 4.90 Å². The maximum absolute atomic E-state index is 12.8. The Morgan fingerprint density at radius 2 is 2.04 bits per heavy atom. The standard InChI is InChI=1S/C20H29F2N3O3/c1-19(2,3)28-18(27)24-9-6-14(20(12-24)7-4-5-8-20)11-25-13-23-15(17(21)22)10-16(25)26/h10,13-14,17H,4-9,11-12H2,1-3H3/t14-/m1/s1. The van der Waals surface area contributed by atoms with Gasteiger partial charge in [0, 0.05) is 25.7 Å². The Morgan fingerprint density at radius 3 is 2.61 bits per heavy atom. The molecule has 6 nitrogen and oxygen atoms in total. The molecule has 0 N–H and O–H groups in total. The second-order valence-electron chi connectivity index (χ2n) is 9.06. The molecule has 1 saturated carbocycles. The average molecular weight is 397 g/mol. The zero-order chi connectivity index (χ0) is 20.5. The smallest absolute Gasteiger partial charge is 0.410 e. The first-order chi connectivity index (χ1) is 13.1. The normalized spacial score (nSPS) is 22.1. The number of carbonyl (C=O) groups is 1. The van der Waals surface area contributed by atoms with Gasteiger partial charge in [0.05, 0.1) is 6.33 Å². The third kappa shape index (κ3) is 4.52. The van der Waals surface area contributed by atoms with Gasteiger partial charge in [0.1, 0.15) is 11.3 Å². The van der Waals surface area contributed by atoms with Crippen LogP contribution in [0.2, 0.25) is 0 Å². The van der Waals surface area contributed by atoms with E-state index in [9.17, 15) is 18.4 Å². The fourth-order valence-corrected chi connectivity index (χ4v) is 4.55. The van der Waals surface area contributed by atoms with Gasteiger partial charge in [0.25, 0.3) is 12.0 Å². The summed E-state index contributed by atoms with van der Waals surface area (Å²) in [4.78, 5) is 30.3. The van der Waals surface area contributed by atoms with Gasteiger partial charge in [-0.15, -0.1) is 0 Å². The quantitative estimate of drug-likeness (QED) is 0.773. The van der Waals surface area contributed by atoms with Crippen molar-refractivity contribution >= 4 is 6.09 Å². The van der Waals surface area contributed by atoms with Gasteiger partial charge in [-0.05, 0) is 51.4 Å². The number of likely N-dealkylation sites (tertiary alicyclic amines) is 1. The number of hydrogen-bond donors (Lipinski definition) is 0. The highest BCUT2D eigenvalue weighted by Crippen LogP contribution is 2.49. The van der Waals surface area contributed by atoms with E-state index >= 15 is 0 Å². The molecule has 1 aromatic heterocycles. The van der Waals surface area contributed by atoms with Crippen molar-refractivity contribution in [2.24, 2.45) is 11.3 Å². The third-order valence-electron chi connectivity index (χ3n) is 5.91. The van der Waals surface area contributed by atoms with E-state index in [-0.39, 0.29) is 17.4 Å². The second-order valence-corrected chi connectivity index (χ2v) is 9.06. The third-order valence-corrected chi connectivity index (χ3v) is 5.91. The number of aromatic nitrogens is 2. The fraction of sp³-hybridized carbons (Fsp3) is 0.750. The Morgan fingerprint density at radius 1 is 1.36 bits per heavy atom. The van der Waals surface area contributed by atoms with E-state index in [0.29, 0.717) is 19.6 Å². The molecule has 1 saturated heterocycles. The molecule has 0 unspecified atom stereocenters. The van der Waals surface area contributed by atoms with E-state index < -0.39 is 23.3 Å². The Kier molecular flexibility index (Phi) is 5.77. The summed E-state index contributed by atoms with van der Waals surface area (Å²) in [5.41, 5.74) is -1.54. The van der Waals surface area contributed by atoms with Gasteiger partial charge in [0.2, 0.25) is 0 Å². The van der Waals surface area contributed by atoms with Gasteiger partial charge in [-0.25, -0.2) is 18.6 Å². The number of amides is 1. The van der Waals surface area contributed by atoms with Crippen LogP contribution in [0.15, 0.2) is 17.2 Å². The second kappa shape index (κ2) is 7.79. The van der Waals surface area contributed by atoms with E-state index in [2.05, 4.69) is 4.98 Å². The summed E-state index contributed by atoms with van der Waals surface area (Å²) in [6.07, 6.45) is 3.11. The molecule has 2 heterocycles. The maximum atomic E-state index is 12.8. The van der Waals surface area contributed by atoms with Crippen LogP contribution in [0, 0.1) is 11.3 Å². The fourth-order valence-electron chi connectivity index (χ4n) is 4.55. The summed E-state index contributed by atoms with van der Waals surface area (Å²) in [7, 11) is 0. The lowest BCUT2D eigenvalue weighted by Gasteiger charge is -2.46. The van der Waals surface area contributed by atoms with E-state index in [1.807, 2.05) is 20.8 Å². The number of carbonyl (C=O) groups excluding carboxylic acids is 1. The Labute approximate surface area is 163 Å². The van der Waals surface area contributed by atoms with Gasteiger partial charge in [0.15, 0.2) is 0 Å². The van der Waals surface area contributed by atoms with Crippen LogP contribution in [-0.2, 0) is 11.3 Å². The van der Waals surface area contributed by atoms with Crippen LogP contribution in [0.3, 0.4) is 0 Å². The summed E-state index contributed by atoms with van der Waals surface area (Å²) < 4.78 is 32.5. The summed E-state index contributed by atoms with van der Waals surface area (Å²) in [5.74, 6) is 0.200. The number of ether oxygens (including phenoxy) is 1. The zero-order valence-electron chi connectivity index (χ0n) is 16.8. The van der Waals surface area contributed by atoms with Crippen LogP contribution in [-0.4, -0.2) is 39.2 Å². The largest absolute Gasteiger partial charge is 0.444 e. The maximum Gasteiger partial charge on any atom is 0.410 e. The number of alkyl halides is 2. The van der Waals surface area contributed by atoms with Gasteiger partial charge in [-0.2, -0.15) is 0 Å². The van der Waals surface area contributed by atoms with Crippen molar-refractivity contribution in [3.05, 3.63) is 28.4 Å². The van der Waals surface area contributed by atoms with Crippen LogP contribution in [0.1, 0.15) is 65.0 Å². The van der Waals surface area contributed by atoms with Crippen molar-refractivity contribution in [1.29, 1.82) is 0 Å². The molecule has 2 aliphatic rings. The monoisotopic (exact) mass is 397 g/mol. The first-order valence-electron chi connectivity index (χ1n) is 9.92. The molecule has 1 aromatic rings. The lowest BCUT2D eigenvalue weighted by atomic mass is 9.69. The molecule has 1 spiro atoms. The minimum absolute atomic E-state index is 0.0595.